The second-order valence-corrected chi connectivity index (χ2v) is 4.75. The summed E-state index contributed by atoms with van der Waals surface area (Å²) in [5, 5.41) is 3.26. The number of likely N-dealkylation sites (tertiary alicyclic amines) is 1. The SMILES string of the molecule is CCOC1CC1C(=O)N1CCCC(NC)C1.Cl. The molecule has 1 saturated heterocycles. The molecule has 1 saturated carbocycles. The molecule has 2 rings (SSSR count). The first kappa shape index (κ1) is 14.7. The van der Waals surface area contributed by atoms with E-state index in [9.17, 15) is 4.79 Å². The molecular formula is C12H23ClN2O2. The minimum absolute atomic E-state index is 0. The van der Waals surface area contributed by atoms with Crippen LogP contribution in [0.15, 0.2) is 0 Å². The van der Waals surface area contributed by atoms with Crippen LogP contribution in [0.2, 0.25) is 0 Å². The highest BCUT2D eigenvalue weighted by Gasteiger charge is 2.46. The number of nitrogens with zero attached hydrogens (tertiary/aromatic N) is 1. The van der Waals surface area contributed by atoms with E-state index in [4.69, 9.17) is 4.74 Å². The van der Waals surface area contributed by atoms with Crippen molar-refractivity contribution in [3.63, 3.8) is 0 Å². The second-order valence-electron chi connectivity index (χ2n) is 4.75. The summed E-state index contributed by atoms with van der Waals surface area (Å²) >= 11 is 0. The van der Waals surface area contributed by atoms with E-state index >= 15 is 0 Å². The zero-order valence-corrected chi connectivity index (χ0v) is 11.5. The molecule has 3 unspecified atom stereocenters. The van der Waals surface area contributed by atoms with E-state index in [0.717, 1.165) is 25.9 Å². The first-order valence-corrected chi connectivity index (χ1v) is 6.34. The third kappa shape index (κ3) is 3.57. The quantitative estimate of drug-likeness (QED) is 0.823. The fourth-order valence-electron chi connectivity index (χ4n) is 2.48. The van der Waals surface area contributed by atoms with E-state index in [1.54, 1.807) is 0 Å². The van der Waals surface area contributed by atoms with E-state index in [1.807, 2.05) is 18.9 Å². The number of hydrogen-bond acceptors (Lipinski definition) is 3. The molecule has 4 nitrogen and oxygen atoms in total. The van der Waals surface area contributed by atoms with Gasteiger partial charge in [0.15, 0.2) is 0 Å². The Bertz CT molecular complexity index is 263. The van der Waals surface area contributed by atoms with Crippen molar-refractivity contribution in [2.45, 2.75) is 38.3 Å². The summed E-state index contributed by atoms with van der Waals surface area (Å²) < 4.78 is 5.47. The van der Waals surface area contributed by atoms with Gasteiger partial charge in [0.25, 0.3) is 0 Å². The molecule has 17 heavy (non-hydrogen) atoms. The Morgan fingerprint density at radius 3 is 2.94 bits per heavy atom. The maximum absolute atomic E-state index is 12.1. The Hall–Kier alpha value is -0.320. The van der Waals surface area contributed by atoms with Crippen LogP contribution >= 0.6 is 12.4 Å². The summed E-state index contributed by atoms with van der Waals surface area (Å²) in [6, 6.07) is 0.474. The lowest BCUT2D eigenvalue weighted by Gasteiger charge is -2.32. The largest absolute Gasteiger partial charge is 0.378 e. The Balaban J connectivity index is 0.00000144. The molecule has 2 fully saturated rings. The zero-order chi connectivity index (χ0) is 11.5. The number of piperidine rings is 1. The van der Waals surface area contributed by atoms with Crippen LogP contribution in [0.4, 0.5) is 0 Å². The Labute approximate surface area is 109 Å². The van der Waals surface area contributed by atoms with Crippen molar-refractivity contribution in [1.82, 2.24) is 10.2 Å². The molecule has 0 bridgehead atoms. The monoisotopic (exact) mass is 262 g/mol. The van der Waals surface area contributed by atoms with Gasteiger partial charge in [-0.15, -0.1) is 12.4 Å². The minimum Gasteiger partial charge on any atom is -0.378 e. The highest BCUT2D eigenvalue weighted by Crippen LogP contribution is 2.35. The standard InChI is InChI=1S/C12H22N2O2.ClH/c1-3-16-11-7-10(11)12(15)14-6-4-5-9(8-14)13-2;/h9-11,13H,3-8H2,1-2H3;1H. The lowest BCUT2D eigenvalue weighted by Crippen LogP contribution is -2.47. The van der Waals surface area contributed by atoms with Gasteiger partial charge in [-0.25, -0.2) is 0 Å². The van der Waals surface area contributed by atoms with Gasteiger partial charge in [-0.3, -0.25) is 4.79 Å². The first-order valence-electron chi connectivity index (χ1n) is 6.34. The Morgan fingerprint density at radius 1 is 1.53 bits per heavy atom. The van der Waals surface area contributed by atoms with E-state index in [0.29, 0.717) is 18.6 Å². The molecule has 0 spiro atoms. The fourth-order valence-corrected chi connectivity index (χ4v) is 2.48. The second kappa shape index (κ2) is 6.57. The maximum Gasteiger partial charge on any atom is 0.228 e. The van der Waals surface area contributed by atoms with Crippen LogP contribution in [0, 0.1) is 5.92 Å². The summed E-state index contributed by atoms with van der Waals surface area (Å²) in [6.07, 6.45) is 3.42. The van der Waals surface area contributed by atoms with E-state index in [-0.39, 0.29) is 24.4 Å². The molecule has 2 aliphatic rings. The van der Waals surface area contributed by atoms with Crippen molar-refractivity contribution < 1.29 is 9.53 Å². The molecule has 0 aromatic heterocycles. The molecule has 0 aromatic rings. The van der Waals surface area contributed by atoms with E-state index < -0.39 is 0 Å². The number of amides is 1. The topological polar surface area (TPSA) is 41.6 Å². The first-order chi connectivity index (χ1) is 7.76. The van der Waals surface area contributed by atoms with Crippen molar-refractivity contribution in [2.75, 3.05) is 26.7 Å². The predicted molar refractivity (Wildman–Crippen MR) is 69.4 cm³/mol. The average molecular weight is 263 g/mol. The van der Waals surface area contributed by atoms with Gasteiger partial charge < -0.3 is 15.0 Å². The molecule has 1 heterocycles. The molecule has 5 heteroatoms. The highest BCUT2D eigenvalue weighted by atomic mass is 35.5. The van der Waals surface area contributed by atoms with Gasteiger partial charge in [0.2, 0.25) is 5.91 Å². The molecule has 0 aromatic carbocycles. The normalized spacial score (nSPS) is 31.9. The van der Waals surface area contributed by atoms with Crippen LogP contribution in [-0.2, 0) is 9.53 Å². The highest BCUT2D eigenvalue weighted by molar-refractivity contribution is 5.85. The summed E-state index contributed by atoms with van der Waals surface area (Å²) in [5.41, 5.74) is 0. The lowest BCUT2D eigenvalue weighted by atomic mass is 10.1. The third-order valence-corrected chi connectivity index (χ3v) is 3.57. The number of carbonyl (C=O) groups is 1. The van der Waals surface area contributed by atoms with Crippen LogP contribution in [0.3, 0.4) is 0 Å². The van der Waals surface area contributed by atoms with Crippen molar-refractivity contribution in [1.29, 1.82) is 0 Å². The van der Waals surface area contributed by atoms with Crippen molar-refractivity contribution in [2.24, 2.45) is 5.92 Å². The van der Waals surface area contributed by atoms with Gasteiger partial charge in [-0.1, -0.05) is 0 Å². The van der Waals surface area contributed by atoms with E-state index in [1.165, 1.54) is 6.42 Å². The van der Waals surface area contributed by atoms with Gasteiger partial charge in [-0.2, -0.15) is 0 Å². The van der Waals surface area contributed by atoms with Gasteiger partial charge in [0.05, 0.1) is 12.0 Å². The summed E-state index contributed by atoms with van der Waals surface area (Å²) in [5.74, 6) is 0.453. The van der Waals surface area contributed by atoms with Crippen LogP contribution in [0.25, 0.3) is 0 Å². The molecule has 1 amide bonds. The van der Waals surface area contributed by atoms with E-state index in [2.05, 4.69) is 5.32 Å². The Morgan fingerprint density at radius 2 is 2.29 bits per heavy atom. The van der Waals surface area contributed by atoms with Crippen molar-refractivity contribution >= 4 is 18.3 Å². The third-order valence-electron chi connectivity index (χ3n) is 3.57. The molecular weight excluding hydrogens is 240 g/mol. The number of rotatable bonds is 4. The molecule has 1 aliphatic carbocycles. The van der Waals surface area contributed by atoms with Gasteiger partial charge >= 0.3 is 0 Å². The number of hydrogen-bond donors (Lipinski definition) is 1. The van der Waals surface area contributed by atoms with Crippen LogP contribution in [-0.4, -0.2) is 49.7 Å². The van der Waals surface area contributed by atoms with Gasteiger partial charge in [-0.05, 0) is 33.2 Å². The van der Waals surface area contributed by atoms with Crippen LogP contribution in [0.5, 0.6) is 0 Å². The number of carbonyl (C=O) groups excluding carboxylic acids is 1. The lowest BCUT2D eigenvalue weighted by molar-refractivity contribution is -0.134. The van der Waals surface area contributed by atoms with Crippen LogP contribution < -0.4 is 5.32 Å². The molecule has 1 aliphatic heterocycles. The minimum atomic E-state index is 0. The number of nitrogens with one attached hydrogen (secondary N) is 1. The van der Waals surface area contributed by atoms with Crippen LogP contribution in [0.1, 0.15) is 26.2 Å². The molecule has 0 radical (unpaired) electrons. The average Bonchev–Trinajstić information content (AvgIpc) is 3.08. The fraction of sp³-hybridized carbons (Fsp3) is 0.917. The molecule has 1 N–H and O–H groups in total. The number of halogens is 1. The maximum atomic E-state index is 12.1. The Kier molecular flexibility index (Phi) is 5.70. The van der Waals surface area contributed by atoms with Gasteiger partial charge in [0.1, 0.15) is 0 Å². The smallest absolute Gasteiger partial charge is 0.228 e. The zero-order valence-electron chi connectivity index (χ0n) is 10.6. The van der Waals surface area contributed by atoms with Crippen molar-refractivity contribution in [3.05, 3.63) is 0 Å². The predicted octanol–water partition coefficient (Wildman–Crippen LogP) is 1.04. The molecule has 3 atom stereocenters. The summed E-state index contributed by atoms with van der Waals surface area (Å²) in [6.45, 7) is 4.49. The number of likely N-dealkylation sites (N-methyl/N-ethyl adjacent to an activating group) is 1. The molecule has 100 valence electrons. The van der Waals surface area contributed by atoms with Crippen molar-refractivity contribution in [3.8, 4) is 0 Å². The summed E-state index contributed by atoms with van der Waals surface area (Å²) in [7, 11) is 1.97. The summed E-state index contributed by atoms with van der Waals surface area (Å²) in [4.78, 5) is 14.1. The number of ether oxygens (including phenoxy) is 1. The van der Waals surface area contributed by atoms with Gasteiger partial charge in [0, 0.05) is 25.7 Å².